The van der Waals surface area contributed by atoms with Gasteiger partial charge in [0.05, 0.1) is 12.5 Å². The van der Waals surface area contributed by atoms with Crippen LogP contribution in [0, 0.1) is 0 Å². The third kappa shape index (κ3) is 3.69. The summed E-state index contributed by atoms with van der Waals surface area (Å²) in [5, 5.41) is 8.89. The zero-order chi connectivity index (χ0) is 12.8. The van der Waals surface area contributed by atoms with Crippen molar-refractivity contribution in [3.05, 3.63) is 0 Å². The number of hydrogen-bond acceptors (Lipinski definition) is 3. The van der Waals surface area contributed by atoms with Crippen molar-refractivity contribution in [1.29, 1.82) is 0 Å². The average molecular weight is 255 g/mol. The quantitative estimate of drug-likeness (QED) is 0.813. The van der Waals surface area contributed by atoms with Gasteiger partial charge in [0, 0.05) is 25.8 Å². The highest BCUT2D eigenvalue weighted by molar-refractivity contribution is 5.77. The van der Waals surface area contributed by atoms with Crippen LogP contribution in [0.25, 0.3) is 0 Å². The van der Waals surface area contributed by atoms with Crippen LogP contribution in [-0.4, -0.2) is 47.8 Å². The van der Waals surface area contributed by atoms with Crippen LogP contribution in [0.1, 0.15) is 51.4 Å². The van der Waals surface area contributed by atoms with Gasteiger partial charge in [-0.3, -0.25) is 4.79 Å². The highest BCUT2D eigenvalue weighted by Crippen LogP contribution is 2.24. The SMILES string of the molecule is O=C(CC1CCCCO1)N1CCCC1CCCO. The minimum atomic E-state index is 0.144. The summed E-state index contributed by atoms with van der Waals surface area (Å²) in [4.78, 5) is 14.3. The molecule has 0 radical (unpaired) electrons. The topological polar surface area (TPSA) is 49.8 Å². The van der Waals surface area contributed by atoms with E-state index < -0.39 is 0 Å². The molecular formula is C14H25NO3. The van der Waals surface area contributed by atoms with E-state index in [2.05, 4.69) is 0 Å². The summed E-state index contributed by atoms with van der Waals surface area (Å²) in [7, 11) is 0. The first-order valence-corrected chi connectivity index (χ1v) is 7.33. The van der Waals surface area contributed by atoms with E-state index >= 15 is 0 Å². The van der Waals surface area contributed by atoms with Crippen LogP contribution < -0.4 is 0 Å². The molecule has 0 aromatic carbocycles. The maximum absolute atomic E-state index is 12.3. The van der Waals surface area contributed by atoms with Gasteiger partial charge in [-0.05, 0) is 44.9 Å². The Hall–Kier alpha value is -0.610. The third-order valence-electron chi connectivity index (χ3n) is 4.07. The minimum absolute atomic E-state index is 0.144. The van der Waals surface area contributed by atoms with E-state index in [4.69, 9.17) is 9.84 Å². The Balaban J connectivity index is 1.79. The van der Waals surface area contributed by atoms with Crippen molar-refractivity contribution >= 4 is 5.91 Å². The van der Waals surface area contributed by atoms with Gasteiger partial charge in [-0.25, -0.2) is 0 Å². The summed E-state index contributed by atoms with van der Waals surface area (Å²) in [6.07, 6.45) is 7.98. The second-order valence-corrected chi connectivity index (χ2v) is 5.44. The van der Waals surface area contributed by atoms with Crippen LogP contribution in [0.4, 0.5) is 0 Å². The second-order valence-electron chi connectivity index (χ2n) is 5.44. The molecule has 0 aromatic heterocycles. The molecular weight excluding hydrogens is 230 g/mol. The van der Waals surface area contributed by atoms with Crippen molar-refractivity contribution in [1.82, 2.24) is 4.90 Å². The zero-order valence-corrected chi connectivity index (χ0v) is 11.1. The molecule has 4 heteroatoms. The molecule has 2 atom stereocenters. The third-order valence-corrected chi connectivity index (χ3v) is 4.07. The molecule has 104 valence electrons. The molecule has 18 heavy (non-hydrogen) atoms. The van der Waals surface area contributed by atoms with Crippen LogP contribution in [0.2, 0.25) is 0 Å². The molecule has 0 saturated carbocycles. The highest BCUT2D eigenvalue weighted by atomic mass is 16.5. The number of hydrogen-bond donors (Lipinski definition) is 1. The fourth-order valence-corrected chi connectivity index (χ4v) is 3.07. The lowest BCUT2D eigenvalue weighted by Crippen LogP contribution is -2.38. The second kappa shape index (κ2) is 7.10. The lowest BCUT2D eigenvalue weighted by atomic mass is 10.0. The Morgan fingerprint density at radius 1 is 1.28 bits per heavy atom. The molecule has 0 aromatic rings. The summed E-state index contributed by atoms with van der Waals surface area (Å²) in [5.74, 6) is 0.252. The van der Waals surface area contributed by atoms with E-state index in [1.165, 1.54) is 6.42 Å². The van der Waals surface area contributed by atoms with Crippen molar-refractivity contribution in [2.45, 2.75) is 63.5 Å². The van der Waals surface area contributed by atoms with Crippen LogP contribution in [-0.2, 0) is 9.53 Å². The zero-order valence-electron chi connectivity index (χ0n) is 11.1. The molecule has 0 bridgehead atoms. The average Bonchev–Trinajstić information content (AvgIpc) is 2.86. The van der Waals surface area contributed by atoms with Gasteiger partial charge >= 0.3 is 0 Å². The van der Waals surface area contributed by atoms with Gasteiger partial charge in [-0.1, -0.05) is 0 Å². The minimum Gasteiger partial charge on any atom is -0.396 e. The molecule has 2 saturated heterocycles. The largest absolute Gasteiger partial charge is 0.396 e. The van der Waals surface area contributed by atoms with E-state index in [1.807, 2.05) is 4.90 Å². The van der Waals surface area contributed by atoms with Crippen LogP contribution >= 0.6 is 0 Å². The fraction of sp³-hybridized carbons (Fsp3) is 0.929. The van der Waals surface area contributed by atoms with Gasteiger partial charge in [0.2, 0.25) is 5.91 Å². The predicted molar refractivity (Wildman–Crippen MR) is 69.3 cm³/mol. The van der Waals surface area contributed by atoms with Gasteiger partial charge in [0.15, 0.2) is 0 Å². The number of likely N-dealkylation sites (tertiary alicyclic amines) is 1. The van der Waals surface area contributed by atoms with Crippen LogP contribution in [0.3, 0.4) is 0 Å². The molecule has 2 aliphatic rings. The fourth-order valence-electron chi connectivity index (χ4n) is 3.07. The number of aliphatic hydroxyl groups is 1. The number of aliphatic hydroxyl groups excluding tert-OH is 1. The standard InChI is InChI=1S/C14H25NO3/c16-9-4-6-12-5-3-8-15(12)14(17)11-13-7-1-2-10-18-13/h12-13,16H,1-11H2. The van der Waals surface area contributed by atoms with E-state index in [-0.39, 0.29) is 18.6 Å². The van der Waals surface area contributed by atoms with Crippen molar-refractivity contribution in [3.63, 3.8) is 0 Å². The Morgan fingerprint density at radius 3 is 2.89 bits per heavy atom. The van der Waals surface area contributed by atoms with E-state index in [9.17, 15) is 4.79 Å². The molecule has 0 spiro atoms. The Labute approximate surface area is 109 Å². The molecule has 2 rings (SSSR count). The van der Waals surface area contributed by atoms with Gasteiger partial charge in [0.1, 0.15) is 0 Å². The Kier molecular flexibility index (Phi) is 5.45. The van der Waals surface area contributed by atoms with Gasteiger partial charge < -0.3 is 14.7 Å². The number of rotatable bonds is 5. The van der Waals surface area contributed by atoms with E-state index in [0.29, 0.717) is 12.5 Å². The van der Waals surface area contributed by atoms with E-state index in [1.54, 1.807) is 0 Å². The molecule has 1 N–H and O–H groups in total. The molecule has 2 unspecified atom stereocenters. The van der Waals surface area contributed by atoms with Gasteiger partial charge in [-0.2, -0.15) is 0 Å². The maximum Gasteiger partial charge on any atom is 0.225 e. The molecule has 1 amide bonds. The number of nitrogens with zero attached hydrogens (tertiary/aromatic N) is 1. The smallest absolute Gasteiger partial charge is 0.225 e. The van der Waals surface area contributed by atoms with Crippen molar-refractivity contribution < 1.29 is 14.6 Å². The lowest BCUT2D eigenvalue weighted by molar-refractivity contribution is -0.136. The first kappa shape index (κ1) is 13.8. The summed E-state index contributed by atoms with van der Waals surface area (Å²) < 4.78 is 5.64. The lowest BCUT2D eigenvalue weighted by Gasteiger charge is -2.28. The van der Waals surface area contributed by atoms with Crippen molar-refractivity contribution in [2.75, 3.05) is 19.8 Å². The highest BCUT2D eigenvalue weighted by Gasteiger charge is 2.30. The predicted octanol–water partition coefficient (Wildman–Crippen LogP) is 1.71. The van der Waals surface area contributed by atoms with Gasteiger partial charge in [-0.15, -0.1) is 0 Å². The summed E-state index contributed by atoms with van der Waals surface area (Å²) in [6.45, 7) is 1.93. The first-order chi connectivity index (χ1) is 8.81. The van der Waals surface area contributed by atoms with E-state index in [0.717, 1.165) is 51.7 Å². The normalized spacial score (nSPS) is 28.6. The first-order valence-electron chi connectivity index (χ1n) is 7.33. The monoisotopic (exact) mass is 255 g/mol. The maximum atomic E-state index is 12.3. The number of carbonyl (C=O) groups is 1. The van der Waals surface area contributed by atoms with Crippen molar-refractivity contribution in [2.24, 2.45) is 0 Å². The van der Waals surface area contributed by atoms with Crippen LogP contribution in [0.5, 0.6) is 0 Å². The molecule has 0 aliphatic carbocycles. The summed E-state index contributed by atoms with van der Waals surface area (Å²) >= 11 is 0. The summed E-state index contributed by atoms with van der Waals surface area (Å²) in [5.41, 5.74) is 0. The molecule has 4 nitrogen and oxygen atoms in total. The Morgan fingerprint density at radius 2 is 2.17 bits per heavy atom. The summed E-state index contributed by atoms with van der Waals surface area (Å²) in [6, 6.07) is 0.355. The van der Waals surface area contributed by atoms with Gasteiger partial charge in [0.25, 0.3) is 0 Å². The number of ether oxygens (including phenoxy) is 1. The Bertz CT molecular complexity index is 264. The molecule has 2 aliphatic heterocycles. The number of carbonyl (C=O) groups excluding carboxylic acids is 1. The molecule has 2 fully saturated rings. The number of amides is 1. The van der Waals surface area contributed by atoms with Crippen molar-refractivity contribution in [3.8, 4) is 0 Å². The van der Waals surface area contributed by atoms with Crippen LogP contribution in [0.15, 0.2) is 0 Å². The molecule has 2 heterocycles.